The molecule has 0 aromatic heterocycles. The Morgan fingerprint density at radius 2 is 1.53 bits per heavy atom. The Kier molecular flexibility index (Phi) is 11.5. The minimum atomic E-state index is -4.91. The van der Waals surface area contributed by atoms with Crippen LogP contribution in [0.4, 0.5) is 18.9 Å². The molecule has 3 aromatic carbocycles. The van der Waals surface area contributed by atoms with E-state index in [0.717, 1.165) is 22.6 Å². The van der Waals surface area contributed by atoms with Gasteiger partial charge >= 0.3 is 6.18 Å². The summed E-state index contributed by atoms with van der Waals surface area (Å²) in [5, 5.41) is 2.72. The third-order valence-electron chi connectivity index (χ3n) is 6.67. The highest BCUT2D eigenvalue weighted by Crippen LogP contribution is 2.38. The quantitative estimate of drug-likeness (QED) is 0.232. The van der Waals surface area contributed by atoms with Gasteiger partial charge in [-0.1, -0.05) is 65.5 Å². The molecule has 0 fully saturated rings. The Labute approximate surface area is 276 Å². The minimum absolute atomic E-state index is 0.128. The Bertz CT molecular complexity index is 1660. The van der Waals surface area contributed by atoms with Gasteiger partial charge in [0.05, 0.1) is 21.2 Å². The van der Waals surface area contributed by atoms with E-state index in [1.54, 1.807) is 46.8 Å². The molecular weight excluding hydrogens is 674 g/mol. The standard InChI is InChI=1S/C31H33Cl3F3N3O4S/c1-6-27(29(42)38-30(3,4)5)39(17-20-9-10-21(32)15-26(20)34)28(41)18-40(45(43,44)23-12-7-19(2)8-13-23)22-11-14-25(33)24(16-22)31(35,36)37/h7-16,27H,6,17-18H2,1-5H3,(H,38,42)/t27-/m0/s1. The molecule has 0 bridgehead atoms. The number of rotatable bonds is 10. The fourth-order valence-corrected chi connectivity index (χ4v) is 6.56. The molecule has 0 aliphatic rings. The molecule has 3 rings (SSSR count). The third kappa shape index (κ3) is 9.28. The molecular formula is C31H33Cl3F3N3O4S. The average Bonchev–Trinajstić information content (AvgIpc) is 2.91. The van der Waals surface area contributed by atoms with Crippen molar-refractivity contribution in [1.82, 2.24) is 10.2 Å². The highest BCUT2D eigenvalue weighted by atomic mass is 35.5. The molecule has 0 unspecified atom stereocenters. The molecule has 0 saturated heterocycles. The third-order valence-corrected chi connectivity index (χ3v) is 9.38. The molecule has 3 aromatic rings. The van der Waals surface area contributed by atoms with Gasteiger partial charge in [-0.15, -0.1) is 0 Å². The van der Waals surface area contributed by atoms with Crippen LogP contribution in [0.15, 0.2) is 65.6 Å². The van der Waals surface area contributed by atoms with Crippen LogP contribution in [0.3, 0.4) is 0 Å². The van der Waals surface area contributed by atoms with Crippen LogP contribution in [0.25, 0.3) is 0 Å². The number of alkyl halides is 3. The van der Waals surface area contributed by atoms with Crippen molar-refractivity contribution in [2.24, 2.45) is 0 Å². The van der Waals surface area contributed by atoms with E-state index in [-0.39, 0.29) is 22.9 Å². The van der Waals surface area contributed by atoms with Crippen molar-refractivity contribution in [1.29, 1.82) is 0 Å². The van der Waals surface area contributed by atoms with E-state index in [1.165, 1.54) is 30.3 Å². The molecule has 0 heterocycles. The van der Waals surface area contributed by atoms with Gasteiger partial charge in [-0.25, -0.2) is 8.42 Å². The van der Waals surface area contributed by atoms with Gasteiger partial charge in [0.2, 0.25) is 11.8 Å². The van der Waals surface area contributed by atoms with Crippen molar-refractivity contribution in [3.63, 3.8) is 0 Å². The van der Waals surface area contributed by atoms with Crippen LogP contribution in [0.5, 0.6) is 0 Å². The SMILES string of the molecule is CC[C@@H](C(=O)NC(C)(C)C)N(Cc1ccc(Cl)cc1Cl)C(=O)CN(c1ccc(Cl)c(C(F)(F)F)c1)S(=O)(=O)c1ccc(C)cc1. The molecule has 0 aliphatic carbocycles. The Hall–Kier alpha value is -2.99. The first-order valence-corrected chi connectivity index (χ1v) is 16.3. The largest absolute Gasteiger partial charge is 0.417 e. The summed E-state index contributed by atoms with van der Waals surface area (Å²) in [4.78, 5) is 28.5. The fraction of sp³-hybridized carbons (Fsp3) is 0.355. The zero-order valence-electron chi connectivity index (χ0n) is 25.2. The van der Waals surface area contributed by atoms with E-state index in [4.69, 9.17) is 34.8 Å². The predicted molar refractivity (Wildman–Crippen MR) is 171 cm³/mol. The van der Waals surface area contributed by atoms with E-state index in [9.17, 15) is 31.2 Å². The number of aryl methyl sites for hydroxylation is 1. The highest BCUT2D eigenvalue weighted by Gasteiger charge is 2.37. The van der Waals surface area contributed by atoms with Crippen LogP contribution in [-0.2, 0) is 32.3 Å². The number of nitrogens with one attached hydrogen (secondary N) is 1. The molecule has 244 valence electrons. The molecule has 0 aliphatic heterocycles. The maximum Gasteiger partial charge on any atom is 0.417 e. The molecule has 0 spiro atoms. The smallest absolute Gasteiger partial charge is 0.350 e. The molecule has 14 heteroatoms. The first-order chi connectivity index (χ1) is 20.7. The van der Waals surface area contributed by atoms with Crippen molar-refractivity contribution in [2.45, 2.75) is 70.2 Å². The molecule has 1 atom stereocenters. The van der Waals surface area contributed by atoms with E-state index >= 15 is 0 Å². The molecule has 45 heavy (non-hydrogen) atoms. The first kappa shape index (κ1) is 36.5. The number of benzene rings is 3. The lowest BCUT2D eigenvalue weighted by molar-refractivity contribution is -0.141. The Balaban J connectivity index is 2.19. The van der Waals surface area contributed by atoms with Gasteiger partial charge in [0, 0.05) is 22.1 Å². The van der Waals surface area contributed by atoms with Crippen LogP contribution >= 0.6 is 34.8 Å². The van der Waals surface area contributed by atoms with Gasteiger partial charge in [0.25, 0.3) is 10.0 Å². The molecule has 0 saturated carbocycles. The first-order valence-electron chi connectivity index (χ1n) is 13.8. The number of nitrogens with zero attached hydrogens (tertiary/aromatic N) is 2. The zero-order valence-corrected chi connectivity index (χ0v) is 28.3. The summed E-state index contributed by atoms with van der Waals surface area (Å²) in [6, 6.07) is 11.7. The van der Waals surface area contributed by atoms with Gasteiger partial charge < -0.3 is 10.2 Å². The highest BCUT2D eigenvalue weighted by molar-refractivity contribution is 7.92. The van der Waals surface area contributed by atoms with Crippen molar-refractivity contribution >= 4 is 62.3 Å². The summed E-state index contributed by atoms with van der Waals surface area (Å²) in [6.45, 7) is 7.51. The van der Waals surface area contributed by atoms with E-state index in [2.05, 4.69) is 5.32 Å². The molecule has 1 N–H and O–H groups in total. The second kappa shape index (κ2) is 14.2. The van der Waals surface area contributed by atoms with Gasteiger partial charge in [0.1, 0.15) is 12.6 Å². The van der Waals surface area contributed by atoms with E-state index < -0.39 is 62.4 Å². The number of halogens is 6. The number of anilines is 1. The zero-order chi connectivity index (χ0) is 33.9. The maximum atomic E-state index is 14.2. The monoisotopic (exact) mass is 705 g/mol. The number of hydrogen-bond acceptors (Lipinski definition) is 4. The average molecular weight is 707 g/mol. The topological polar surface area (TPSA) is 86.8 Å². The number of hydrogen-bond donors (Lipinski definition) is 1. The summed E-state index contributed by atoms with van der Waals surface area (Å²) in [5.74, 6) is -1.38. The van der Waals surface area contributed by atoms with Crippen molar-refractivity contribution in [3.05, 3.63) is 92.4 Å². The van der Waals surface area contributed by atoms with E-state index in [1.807, 2.05) is 0 Å². The van der Waals surface area contributed by atoms with Crippen LogP contribution in [-0.4, -0.2) is 43.3 Å². The second-order valence-corrected chi connectivity index (χ2v) is 14.5. The summed E-state index contributed by atoms with van der Waals surface area (Å²) in [7, 11) is -4.61. The number of carbonyl (C=O) groups excluding carboxylic acids is 2. The van der Waals surface area contributed by atoms with Gasteiger partial charge in [-0.05, 0) is 82.1 Å². The van der Waals surface area contributed by atoms with Crippen LogP contribution in [0.2, 0.25) is 15.1 Å². The lowest BCUT2D eigenvalue weighted by Crippen LogP contribution is -2.55. The van der Waals surface area contributed by atoms with Crippen LogP contribution in [0, 0.1) is 6.92 Å². The maximum absolute atomic E-state index is 14.2. The van der Waals surface area contributed by atoms with Crippen molar-refractivity contribution in [2.75, 3.05) is 10.8 Å². The van der Waals surface area contributed by atoms with Gasteiger partial charge in [-0.2, -0.15) is 13.2 Å². The number of amides is 2. The normalized spacial score (nSPS) is 12.9. The Morgan fingerprint density at radius 3 is 2.07 bits per heavy atom. The van der Waals surface area contributed by atoms with Crippen molar-refractivity contribution in [3.8, 4) is 0 Å². The number of sulfonamides is 1. The van der Waals surface area contributed by atoms with Gasteiger partial charge in [-0.3, -0.25) is 13.9 Å². The lowest BCUT2D eigenvalue weighted by Gasteiger charge is -2.35. The summed E-state index contributed by atoms with van der Waals surface area (Å²) in [6.07, 6.45) is -4.78. The molecule has 7 nitrogen and oxygen atoms in total. The summed E-state index contributed by atoms with van der Waals surface area (Å²) in [5.41, 5.74) is -1.24. The summed E-state index contributed by atoms with van der Waals surface area (Å²) < 4.78 is 70.1. The Morgan fingerprint density at radius 1 is 0.911 bits per heavy atom. The van der Waals surface area contributed by atoms with Crippen molar-refractivity contribution < 1.29 is 31.2 Å². The second-order valence-electron chi connectivity index (χ2n) is 11.4. The lowest BCUT2D eigenvalue weighted by atomic mass is 10.1. The minimum Gasteiger partial charge on any atom is -0.350 e. The van der Waals surface area contributed by atoms with E-state index in [0.29, 0.717) is 21.0 Å². The fourth-order valence-electron chi connectivity index (χ4n) is 4.46. The predicted octanol–water partition coefficient (Wildman–Crippen LogP) is 7.89. The summed E-state index contributed by atoms with van der Waals surface area (Å²) >= 11 is 18.3. The van der Waals surface area contributed by atoms with Crippen LogP contribution in [0.1, 0.15) is 50.8 Å². The molecule has 0 radical (unpaired) electrons. The van der Waals surface area contributed by atoms with Gasteiger partial charge in [0.15, 0.2) is 0 Å². The number of carbonyl (C=O) groups is 2. The van der Waals surface area contributed by atoms with Crippen LogP contribution < -0.4 is 9.62 Å². The molecule has 2 amide bonds.